The molecule has 2 aliphatic heterocycles. The monoisotopic (exact) mass is 604 g/mol. The van der Waals surface area contributed by atoms with Gasteiger partial charge in [-0.1, -0.05) is 38.4 Å². The molecule has 2 aromatic rings. The lowest BCUT2D eigenvalue weighted by molar-refractivity contribution is -0.127. The molecule has 1 amide bonds. The first-order valence-electron chi connectivity index (χ1n) is 14.4. The first-order chi connectivity index (χ1) is 19.2. The molecule has 0 spiro atoms. The number of aliphatic hydroxyl groups is 1. The van der Waals surface area contributed by atoms with Gasteiger partial charge in [0.25, 0.3) is 15.9 Å². The number of sulfonamides is 1. The van der Waals surface area contributed by atoms with E-state index in [-0.39, 0.29) is 10.4 Å². The molecule has 0 bridgehead atoms. The van der Waals surface area contributed by atoms with Crippen molar-refractivity contribution >= 4 is 39.0 Å². The first kappa shape index (κ1) is 29.9. The minimum atomic E-state index is -4.24. The van der Waals surface area contributed by atoms with Crippen molar-refractivity contribution in [2.75, 3.05) is 36.0 Å². The maximum absolute atomic E-state index is 13.4. The Morgan fingerprint density at radius 1 is 1.05 bits per heavy atom. The number of ether oxygens (including phenoxy) is 1. The van der Waals surface area contributed by atoms with E-state index in [1.54, 1.807) is 25.1 Å². The van der Waals surface area contributed by atoms with E-state index in [0.717, 1.165) is 31.6 Å². The van der Waals surface area contributed by atoms with Crippen molar-refractivity contribution < 1.29 is 23.1 Å². The van der Waals surface area contributed by atoms with Gasteiger partial charge in [0.1, 0.15) is 11.6 Å². The van der Waals surface area contributed by atoms with Crippen LogP contribution in [0.1, 0.15) is 66.2 Å². The summed E-state index contributed by atoms with van der Waals surface area (Å²) in [4.78, 5) is 21.9. The van der Waals surface area contributed by atoms with E-state index in [1.807, 2.05) is 17.0 Å². The number of pyridine rings is 1. The lowest BCUT2D eigenvalue weighted by Gasteiger charge is -2.40. The molecule has 1 saturated carbocycles. The van der Waals surface area contributed by atoms with Crippen molar-refractivity contribution in [3.63, 3.8) is 0 Å². The second kappa shape index (κ2) is 10.9. The molecule has 9 nitrogen and oxygen atoms in total. The number of hydrogen-bond donors (Lipinski definition) is 2. The average Bonchev–Trinajstić information content (AvgIpc) is 3.69. The van der Waals surface area contributed by atoms with E-state index >= 15 is 0 Å². The van der Waals surface area contributed by atoms with Crippen LogP contribution in [0.15, 0.2) is 41.4 Å². The van der Waals surface area contributed by atoms with Crippen LogP contribution in [0.5, 0.6) is 5.75 Å². The summed E-state index contributed by atoms with van der Waals surface area (Å²) in [6.07, 6.45) is 4.02. The predicted molar refractivity (Wildman–Crippen MR) is 160 cm³/mol. The van der Waals surface area contributed by atoms with Crippen molar-refractivity contribution in [2.24, 2.45) is 11.3 Å². The molecular formula is C30H41ClN4O5S. The number of aromatic nitrogens is 1. The average molecular weight is 605 g/mol. The molecule has 0 radical (unpaired) electrons. The van der Waals surface area contributed by atoms with Gasteiger partial charge in [-0.15, -0.1) is 0 Å². The van der Waals surface area contributed by atoms with Gasteiger partial charge in [0.05, 0.1) is 11.3 Å². The molecule has 1 aliphatic carbocycles. The third-order valence-corrected chi connectivity index (χ3v) is 10.2. The number of piperidine rings is 2. The summed E-state index contributed by atoms with van der Waals surface area (Å²) in [6, 6.07) is 10.1. The normalized spacial score (nSPS) is 20.9. The van der Waals surface area contributed by atoms with Crippen molar-refractivity contribution in [3.8, 4) is 5.75 Å². The molecule has 3 fully saturated rings. The third-order valence-electron chi connectivity index (χ3n) is 8.78. The van der Waals surface area contributed by atoms with Gasteiger partial charge in [-0.2, -0.15) is 8.42 Å². The second-order valence-electron chi connectivity index (χ2n) is 13.1. The SMILES string of the molecule is CC1(O)CCN(c2cccc(S(=O)(=O)NC(=O)C3(Oc4cc(Cl)ccc4N4CCC(C(C)(C)C)CC4)CC3)n2)CC1. The lowest BCUT2D eigenvalue weighted by Crippen LogP contribution is -2.44. The van der Waals surface area contributed by atoms with Crippen LogP contribution in [-0.4, -0.2) is 61.8 Å². The summed E-state index contributed by atoms with van der Waals surface area (Å²) in [6.45, 7) is 11.5. The Morgan fingerprint density at radius 3 is 2.32 bits per heavy atom. The van der Waals surface area contributed by atoms with E-state index in [9.17, 15) is 18.3 Å². The summed E-state index contributed by atoms with van der Waals surface area (Å²) in [5.74, 6) is 0.888. The topological polar surface area (TPSA) is 112 Å². The smallest absolute Gasteiger partial charge is 0.281 e. The van der Waals surface area contributed by atoms with Gasteiger partial charge in [-0.05, 0) is 68.2 Å². The number of amides is 1. The Bertz CT molecular complexity index is 1390. The van der Waals surface area contributed by atoms with E-state index in [4.69, 9.17) is 16.3 Å². The van der Waals surface area contributed by atoms with Crippen LogP contribution in [0.2, 0.25) is 5.02 Å². The largest absolute Gasteiger partial charge is 0.475 e. The van der Waals surface area contributed by atoms with Gasteiger partial charge < -0.3 is 19.6 Å². The number of rotatable bonds is 7. The van der Waals surface area contributed by atoms with Crippen LogP contribution in [0.25, 0.3) is 0 Å². The fraction of sp³-hybridized carbons (Fsp3) is 0.600. The van der Waals surface area contributed by atoms with Gasteiger partial charge in [-0.25, -0.2) is 9.71 Å². The maximum atomic E-state index is 13.4. The highest BCUT2D eigenvalue weighted by Crippen LogP contribution is 2.45. The van der Waals surface area contributed by atoms with Crippen LogP contribution in [-0.2, 0) is 14.8 Å². The fourth-order valence-corrected chi connectivity index (χ4v) is 6.90. The van der Waals surface area contributed by atoms with E-state index in [1.165, 1.54) is 6.07 Å². The molecule has 2 N–H and O–H groups in total. The Morgan fingerprint density at radius 2 is 1.71 bits per heavy atom. The van der Waals surface area contributed by atoms with Crippen molar-refractivity contribution in [1.29, 1.82) is 0 Å². The molecule has 2 saturated heterocycles. The molecule has 1 aromatic heterocycles. The summed E-state index contributed by atoms with van der Waals surface area (Å²) in [5.41, 5.74) is -0.917. The van der Waals surface area contributed by atoms with Crippen LogP contribution in [0, 0.1) is 11.3 Å². The molecule has 41 heavy (non-hydrogen) atoms. The zero-order valence-electron chi connectivity index (χ0n) is 24.3. The van der Waals surface area contributed by atoms with E-state index in [2.05, 4.69) is 35.4 Å². The summed E-state index contributed by atoms with van der Waals surface area (Å²) in [5, 5.41) is 10.5. The van der Waals surface area contributed by atoms with Crippen LogP contribution < -0.4 is 19.3 Å². The van der Waals surface area contributed by atoms with Crippen molar-refractivity contribution in [2.45, 2.75) is 82.4 Å². The van der Waals surface area contributed by atoms with Crippen LogP contribution >= 0.6 is 11.6 Å². The molecule has 5 rings (SSSR count). The van der Waals surface area contributed by atoms with Crippen molar-refractivity contribution in [1.82, 2.24) is 9.71 Å². The molecule has 0 atom stereocenters. The highest BCUT2D eigenvalue weighted by Gasteiger charge is 2.54. The van der Waals surface area contributed by atoms with Gasteiger partial charge in [0.2, 0.25) is 0 Å². The van der Waals surface area contributed by atoms with Crippen molar-refractivity contribution in [3.05, 3.63) is 41.4 Å². The minimum Gasteiger partial charge on any atom is -0.475 e. The standard InChI is InChI=1S/C30H41ClN4O5S/c1-28(2,3)21-10-16-34(17-11-21)23-9-8-22(31)20-24(23)40-30(12-13-30)27(36)33-41(38,39)26-7-5-6-25(32-26)35-18-14-29(4,37)15-19-35/h5-9,20-21,37H,10-19H2,1-4H3,(H,33,36). The Balaban J connectivity index is 1.29. The number of anilines is 2. The molecule has 11 heteroatoms. The Hall–Kier alpha value is -2.56. The zero-order chi connectivity index (χ0) is 29.6. The predicted octanol–water partition coefficient (Wildman–Crippen LogP) is 4.77. The highest BCUT2D eigenvalue weighted by atomic mass is 35.5. The third kappa shape index (κ3) is 6.75. The quantitative estimate of drug-likeness (QED) is 0.465. The number of nitrogens with zero attached hydrogens (tertiary/aromatic N) is 3. The zero-order valence-corrected chi connectivity index (χ0v) is 25.9. The fourth-order valence-electron chi connectivity index (χ4n) is 5.73. The Kier molecular flexibility index (Phi) is 7.98. The number of carbonyl (C=O) groups excluding carboxylic acids is 1. The van der Waals surface area contributed by atoms with Crippen LogP contribution in [0.4, 0.5) is 11.5 Å². The maximum Gasteiger partial charge on any atom is 0.281 e. The van der Waals surface area contributed by atoms with Crippen LogP contribution in [0.3, 0.4) is 0 Å². The molecular weight excluding hydrogens is 564 g/mol. The molecule has 1 aromatic carbocycles. The first-order valence-corrected chi connectivity index (χ1v) is 16.3. The van der Waals surface area contributed by atoms with Gasteiger partial charge in [0.15, 0.2) is 10.6 Å². The van der Waals surface area contributed by atoms with Gasteiger partial charge >= 0.3 is 0 Å². The number of benzene rings is 1. The second-order valence-corrected chi connectivity index (χ2v) is 15.2. The van der Waals surface area contributed by atoms with Gasteiger partial charge in [0, 0.05) is 50.1 Å². The number of halogens is 1. The van der Waals surface area contributed by atoms with E-state index in [0.29, 0.717) is 61.3 Å². The molecule has 3 heterocycles. The number of hydrogen-bond acceptors (Lipinski definition) is 8. The molecule has 0 unspecified atom stereocenters. The molecule has 224 valence electrons. The lowest BCUT2D eigenvalue weighted by atomic mass is 9.75. The Labute approximate surface area is 248 Å². The molecule has 3 aliphatic rings. The summed E-state index contributed by atoms with van der Waals surface area (Å²) >= 11 is 6.33. The summed E-state index contributed by atoms with van der Waals surface area (Å²) in [7, 11) is -4.24. The minimum absolute atomic E-state index is 0.235. The number of nitrogens with one attached hydrogen (secondary N) is 1. The van der Waals surface area contributed by atoms with E-state index < -0.39 is 27.1 Å². The number of carbonyl (C=O) groups is 1. The van der Waals surface area contributed by atoms with Gasteiger partial charge in [-0.3, -0.25) is 4.79 Å². The summed E-state index contributed by atoms with van der Waals surface area (Å²) < 4.78 is 35.0. The highest BCUT2D eigenvalue weighted by molar-refractivity contribution is 7.90.